The number of nitrogens with zero attached hydrogens (tertiary/aromatic N) is 1. The molecule has 0 aromatic heterocycles. The fraction of sp³-hybridized carbons (Fsp3) is 0.300. The lowest BCUT2D eigenvalue weighted by atomic mass is 10.1. The molecule has 0 bridgehead atoms. The summed E-state index contributed by atoms with van der Waals surface area (Å²) in [7, 11) is 1.16. The molecule has 0 saturated carbocycles. The highest BCUT2D eigenvalue weighted by molar-refractivity contribution is 5.98. The molecule has 0 heterocycles. The van der Waals surface area contributed by atoms with E-state index in [9.17, 15) is 13.2 Å². The summed E-state index contributed by atoms with van der Waals surface area (Å²) in [4.78, 5) is 0. The average molecular weight is 233 g/mol. The Bertz CT molecular complexity index is 413. The van der Waals surface area contributed by atoms with Gasteiger partial charge in [-0.05, 0) is 30.7 Å². The molecule has 0 amide bonds. The molecule has 0 aliphatic rings. The van der Waals surface area contributed by atoms with Crippen molar-refractivity contribution >= 4 is 5.71 Å². The van der Waals surface area contributed by atoms with Crippen molar-refractivity contribution in [3.63, 3.8) is 0 Å². The molecule has 0 aliphatic heterocycles. The molecule has 0 radical (unpaired) electrons. The third kappa shape index (κ3) is 2.44. The first-order chi connectivity index (χ1) is 7.40. The van der Waals surface area contributed by atoms with Crippen molar-refractivity contribution < 1.29 is 23.1 Å². The molecule has 0 aliphatic carbocycles. The van der Waals surface area contributed by atoms with Gasteiger partial charge in [-0.25, -0.2) is 0 Å². The molecule has 1 aromatic rings. The van der Waals surface area contributed by atoms with Crippen molar-refractivity contribution in [3.05, 3.63) is 29.3 Å². The predicted octanol–water partition coefficient (Wildman–Crippen LogP) is 2.91. The van der Waals surface area contributed by atoms with Crippen LogP contribution < -0.4 is 4.74 Å². The fourth-order valence-electron chi connectivity index (χ4n) is 1.21. The second kappa shape index (κ2) is 4.42. The number of benzene rings is 1. The highest BCUT2D eigenvalue weighted by atomic mass is 19.4. The van der Waals surface area contributed by atoms with Gasteiger partial charge in [0.2, 0.25) is 0 Å². The number of alkyl halides is 3. The van der Waals surface area contributed by atoms with Crippen LogP contribution in [0.5, 0.6) is 5.75 Å². The molecule has 3 nitrogen and oxygen atoms in total. The van der Waals surface area contributed by atoms with Crippen molar-refractivity contribution in [1.29, 1.82) is 0 Å². The van der Waals surface area contributed by atoms with Crippen molar-refractivity contribution in [2.75, 3.05) is 7.11 Å². The lowest BCUT2D eigenvalue weighted by molar-refractivity contribution is -0.138. The van der Waals surface area contributed by atoms with Gasteiger partial charge in [0.15, 0.2) is 0 Å². The van der Waals surface area contributed by atoms with Gasteiger partial charge in [-0.2, -0.15) is 13.2 Å². The van der Waals surface area contributed by atoms with Crippen LogP contribution in [0.1, 0.15) is 18.1 Å². The van der Waals surface area contributed by atoms with Gasteiger partial charge in [0.05, 0.1) is 18.4 Å². The quantitative estimate of drug-likeness (QED) is 0.484. The summed E-state index contributed by atoms with van der Waals surface area (Å²) in [6, 6.07) is 3.46. The van der Waals surface area contributed by atoms with E-state index in [0.29, 0.717) is 0 Å². The highest BCUT2D eigenvalue weighted by Crippen LogP contribution is 2.36. The van der Waals surface area contributed by atoms with Crippen LogP contribution in [0, 0.1) is 0 Å². The highest BCUT2D eigenvalue weighted by Gasteiger charge is 2.34. The molecule has 0 saturated heterocycles. The van der Waals surface area contributed by atoms with Crippen LogP contribution in [0.3, 0.4) is 0 Å². The van der Waals surface area contributed by atoms with Crippen molar-refractivity contribution in [2.45, 2.75) is 13.1 Å². The Balaban J connectivity index is 3.33. The summed E-state index contributed by atoms with van der Waals surface area (Å²) >= 11 is 0. The molecule has 6 heteroatoms. The average Bonchev–Trinajstić information content (AvgIpc) is 2.26. The molecule has 0 fully saturated rings. The molecule has 0 spiro atoms. The summed E-state index contributed by atoms with van der Waals surface area (Å²) in [5.74, 6) is -0.262. The Morgan fingerprint density at radius 2 is 2.00 bits per heavy atom. The van der Waals surface area contributed by atoms with Gasteiger partial charge in [-0.3, -0.25) is 0 Å². The van der Waals surface area contributed by atoms with E-state index in [-0.39, 0.29) is 17.0 Å². The Kier molecular flexibility index (Phi) is 3.41. The Labute approximate surface area is 90.1 Å². The summed E-state index contributed by atoms with van der Waals surface area (Å²) in [6.45, 7) is 1.40. The number of hydrogen-bond acceptors (Lipinski definition) is 3. The fourth-order valence-corrected chi connectivity index (χ4v) is 1.21. The topological polar surface area (TPSA) is 41.8 Å². The van der Waals surface area contributed by atoms with Crippen LogP contribution in [-0.4, -0.2) is 18.0 Å². The van der Waals surface area contributed by atoms with Gasteiger partial charge >= 0.3 is 6.18 Å². The largest absolute Gasteiger partial charge is 0.496 e. The number of rotatable bonds is 2. The van der Waals surface area contributed by atoms with E-state index in [1.54, 1.807) is 0 Å². The normalized spacial score (nSPS) is 12.7. The summed E-state index contributed by atoms with van der Waals surface area (Å²) < 4.78 is 42.4. The van der Waals surface area contributed by atoms with Gasteiger partial charge in [-0.1, -0.05) is 5.16 Å². The molecule has 88 valence electrons. The van der Waals surface area contributed by atoms with Crippen LogP contribution >= 0.6 is 0 Å². The molecule has 16 heavy (non-hydrogen) atoms. The van der Waals surface area contributed by atoms with E-state index >= 15 is 0 Å². The first kappa shape index (κ1) is 12.4. The summed E-state index contributed by atoms with van der Waals surface area (Å²) in [5, 5.41) is 11.3. The first-order valence-electron chi connectivity index (χ1n) is 4.34. The second-order valence-electron chi connectivity index (χ2n) is 3.10. The molecule has 1 aromatic carbocycles. The number of halogens is 3. The smallest absolute Gasteiger partial charge is 0.419 e. The maximum absolute atomic E-state index is 12.6. The van der Waals surface area contributed by atoms with Gasteiger partial charge in [0.25, 0.3) is 0 Å². The van der Waals surface area contributed by atoms with Crippen molar-refractivity contribution in [1.82, 2.24) is 0 Å². The molecule has 0 unspecified atom stereocenters. The van der Waals surface area contributed by atoms with Gasteiger partial charge in [0.1, 0.15) is 5.75 Å². The minimum Gasteiger partial charge on any atom is -0.496 e. The molecular weight excluding hydrogens is 223 g/mol. The zero-order valence-corrected chi connectivity index (χ0v) is 8.67. The van der Waals surface area contributed by atoms with E-state index in [1.807, 2.05) is 0 Å². The summed E-state index contributed by atoms with van der Waals surface area (Å²) in [5.41, 5.74) is -0.598. The number of oxime groups is 1. The Morgan fingerprint density at radius 3 is 2.44 bits per heavy atom. The van der Waals surface area contributed by atoms with E-state index in [0.717, 1.165) is 13.2 Å². The molecule has 1 rings (SSSR count). The van der Waals surface area contributed by atoms with Crippen molar-refractivity contribution in [2.24, 2.45) is 5.16 Å². The third-order valence-corrected chi connectivity index (χ3v) is 2.07. The minimum absolute atomic E-state index is 0.105. The van der Waals surface area contributed by atoms with Crippen LogP contribution in [0.4, 0.5) is 13.2 Å². The third-order valence-electron chi connectivity index (χ3n) is 2.07. The zero-order chi connectivity index (χ0) is 12.3. The van der Waals surface area contributed by atoms with Gasteiger partial charge < -0.3 is 9.94 Å². The Hall–Kier alpha value is -1.72. The minimum atomic E-state index is -4.50. The van der Waals surface area contributed by atoms with Crippen LogP contribution in [0.25, 0.3) is 0 Å². The van der Waals surface area contributed by atoms with Gasteiger partial charge in [0, 0.05) is 0 Å². The first-order valence-corrected chi connectivity index (χ1v) is 4.34. The van der Waals surface area contributed by atoms with E-state index in [1.165, 1.54) is 19.1 Å². The summed E-state index contributed by atoms with van der Waals surface area (Å²) in [6.07, 6.45) is -4.50. The lowest BCUT2D eigenvalue weighted by Gasteiger charge is -2.12. The zero-order valence-electron chi connectivity index (χ0n) is 8.67. The van der Waals surface area contributed by atoms with E-state index < -0.39 is 11.7 Å². The monoisotopic (exact) mass is 233 g/mol. The van der Waals surface area contributed by atoms with Crippen LogP contribution in [-0.2, 0) is 6.18 Å². The van der Waals surface area contributed by atoms with E-state index in [4.69, 9.17) is 5.21 Å². The van der Waals surface area contributed by atoms with Gasteiger partial charge in [-0.15, -0.1) is 0 Å². The lowest BCUT2D eigenvalue weighted by Crippen LogP contribution is -2.09. The molecular formula is C10H10F3NO2. The Morgan fingerprint density at radius 1 is 1.38 bits per heavy atom. The molecule has 1 N–H and O–H groups in total. The molecule has 0 atom stereocenters. The SMILES string of the molecule is COc1ccc(C(C)=NO)cc1C(F)(F)F. The standard InChI is InChI=1S/C10H10F3NO2/c1-6(14-15)7-3-4-9(16-2)8(5-7)10(11,12)13/h3-5,15H,1-2H3. The second-order valence-corrected chi connectivity index (χ2v) is 3.10. The van der Waals surface area contributed by atoms with Crippen LogP contribution in [0.2, 0.25) is 0 Å². The maximum atomic E-state index is 12.6. The number of methoxy groups -OCH3 is 1. The van der Waals surface area contributed by atoms with Crippen molar-refractivity contribution in [3.8, 4) is 5.75 Å². The van der Waals surface area contributed by atoms with Crippen LogP contribution in [0.15, 0.2) is 23.4 Å². The maximum Gasteiger partial charge on any atom is 0.419 e. The van der Waals surface area contributed by atoms with E-state index in [2.05, 4.69) is 9.89 Å². The predicted molar refractivity (Wildman–Crippen MR) is 52.0 cm³/mol. The number of ether oxygens (including phenoxy) is 1. The number of hydrogen-bond donors (Lipinski definition) is 1.